The lowest BCUT2D eigenvalue weighted by Gasteiger charge is -2.30. The van der Waals surface area contributed by atoms with Crippen LogP contribution in [0.4, 0.5) is 4.39 Å². The van der Waals surface area contributed by atoms with Crippen molar-refractivity contribution in [1.29, 1.82) is 0 Å². The summed E-state index contributed by atoms with van der Waals surface area (Å²) < 4.78 is 13.1. The maximum atomic E-state index is 13.1. The summed E-state index contributed by atoms with van der Waals surface area (Å²) in [7, 11) is 0. The number of nitrogens with zero attached hydrogens (tertiary/aromatic N) is 1. The number of hydrogen-bond donors (Lipinski definition) is 1. The lowest BCUT2D eigenvalue weighted by molar-refractivity contribution is 0.217. The van der Waals surface area contributed by atoms with Crippen molar-refractivity contribution in [3.63, 3.8) is 0 Å². The SMILES string of the molecule is CCCN(Cc1ccc(F)cc1Cl)CC1CCCCN1. The van der Waals surface area contributed by atoms with Crippen molar-refractivity contribution in [2.75, 3.05) is 19.6 Å². The Morgan fingerprint density at radius 2 is 2.25 bits per heavy atom. The van der Waals surface area contributed by atoms with Crippen LogP contribution in [0.1, 0.15) is 38.2 Å². The van der Waals surface area contributed by atoms with Gasteiger partial charge in [-0.1, -0.05) is 31.0 Å². The Balaban J connectivity index is 1.96. The van der Waals surface area contributed by atoms with Gasteiger partial charge in [-0.15, -0.1) is 0 Å². The minimum atomic E-state index is -0.269. The van der Waals surface area contributed by atoms with Crippen molar-refractivity contribution in [3.8, 4) is 0 Å². The average molecular weight is 299 g/mol. The van der Waals surface area contributed by atoms with Crippen LogP contribution in [-0.2, 0) is 6.54 Å². The molecule has 4 heteroatoms. The highest BCUT2D eigenvalue weighted by molar-refractivity contribution is 6.31. The molecule has 0 amide bonds. The molecule has 0 aromatic heterocycles. The van der Waals surface area contributed by atoms with E-state index in [-0.39, 0.29) is 5.82 Å². The van der Waals surface area contributed by atoms with Crippen LogP contribution in [-0.4, -0.2) is 30.6 Å². The smallest absolute Gasteiger partial charge is 0.124 e. The minimum absolute atomic E-state index is 0.269. The van der Waals surface area contributed by atoms with Gasteiger partial charge in [0.15, 0.2) is 0 Å². The summed E-state index contributed by atoms with van der Waals surface area (Å²) in [5.41, 5.74) is 1.01. The quantitative estimate of drug-likeness (QED) is 0.858. The molecular weight excluding hydrogens is 275 g/mol. The van der Waals surface area contributed by atoms with Gasteiger partial charge in [-0.05, 0) is 50.0 Å². The van der Waals surface area contributed by atoms with Gasteiger partial charge in [0.2, 0.25) is 0 Å². The first-order valence-corrected chi connectivity index (χ1v) is 7.96. The fourth-order valence-electron chi connectivity index (χ4n) is 2.83. The predicted molar refractivity (Wildman–Crippen MR) is 82.6 cm³/mol. The molecule has 0 aliphatic carbocycles. The van der Waals surface area contributed by atoms with Gasteiger partial charge in [0, 0.05) is 24.2 Å². The summed E-state index contributed by atoms with van der Waals surface area (Å²) in [5.74, 6) is -0.269. The van der Waals surface area contributed by atoms with E-state index in [0.717, 1.165) is 38.2 Å². The molecule has 20 heavy (non-hydrogen) atoms. The Morgan fingerprint density at radius 3 is 2.90 bits per heavy atom. The highest BCUT2D eigenvalue weighted by atomic mass is 35.5. The second-order valence-electron chi connectivity index (χ2n) is 5.62. The molecule has 1 aliphatic heterocycles. The first kappa shape index (κ1) is 15.7. The van der Waals surface area contributed by atoms with Crippen LogP contribution in [0.3, 0.4) is 0 Å². The molecule has 0 spiro atoms. The van der Waals surface area contributed by atoms with E-state index in [1.54, 1.807) is 6.07 Å². The van der Waals surface area contributed by atoms with E-state index in [9.17, 15) is 4.39 Å². The molecule has 2 rings (SSSR count). The number of piperidine rings is 1. The normalized spacial score (nSPS) is 19.5. The van der Waals surface area contributed by atoms with E-state index in [1.807, 2.05) is 0 Å². The van der Waals surface area contributed by atoms with Crippen LogP contribution in [0.5, 0.6) is 0 Å². The van der Waals surface area contributed by atoms with E-state index in [1.165, 1.54) is 31.4 Å². The maximum Gasteiger partial charge on any atom is 0.124 e. The van der Waals surface area contributed by atoms with Gasteiger partial charge in [0.05, 0.1) is 0 Å². The molecule has 1 N–H and O–H groups in total. The highest BCUT2D eigenvalue weighted by Crippen LogP contribution is 2.20. The summed E-state index contributed by atoms with van der Waals surface area (Å²) in [6.45, 7) is 6.20. The Kier molecular flexibility index (Phi) is 6.27. The van der Waals surface area contributed by atoms with E-state index in [4.69, 9.17) is 11.6 Å². The van der Waals surface area contributed by atoms with Gasteiger partial charge in [-0.2, -0.15) is 0 Å². The molecule has 1 aromatic carbocycles. The third-order valence-electron chi connectivity index (χ3n) is 3.84. The Labute approximate surface area is 126 Å². The molecule has 1 unspecified atom stereocenters. The number of halogens is 2. The fourth-order valence-corrected chi connectivity index (χ4v) is 3.06. The molecule has 1 atom stereocenters. The predicted octanol–water partition coefficient (Wildman–Crippen LogP) is 3.83. The Hall–Kier alpha value is -0.640. The van der Waals surface area contributed by atoms with Crippen molar-refractivity contribution in [2.24, 2.45) is 0 Å². The second kappa shape index (κ2) is 7.96. The second-order valence-corrected chi connectivity index (χ2v) is 6.02. The summed E-state index contributed by atoms with van der Waals surface area (Å²) in [5, 5.41) is 4.11. The lowest BCUT2D eigenvalue weighted by atomic mass is 10.0. The van der Waals surface area contributed by atoms with Crippen molar-refractivity contribution < 1.29 is 4.39 Å². The highest BCUT2D eigenvalue weighted by Gasteiger charge is 2.17. The third-order valence-corrected chi connectivity index (χ3v) is 4.19. The van der Waals surface area contributed by atoms with E-state index >= 15 is 0 Å². The summed E-state index contributed by atoms with van der Waals surface area (Å²) in [4.78, 5) is 2.42. The zero-order valence-electron chi connectivity index (χ0n) is 12.2. The van der Waals surface area contributed by atoms with E-state index in [0.29, 0.717) is 11.1 Å². The number of rotatable bonds is 6. The van der Waals surface area contributed by atoms with Crippen molar-refractivity contribution >= 4 is 11.6 Å². The molecule has 1 saturated heterocycles. The van der Waals surface area contributed by atoms with E-state index in [2.05, 4.69) is 17.1 Å². The molecule has 0 radical (unpaired) electrons. The van der Waals surface area contributed by atoms with E-state index < -0.39 is 0 Å². The van der Waals surface area contributed by atoms with Gasteiger partial charge in [-0.25, -0.2) is 4.39 Å². The van der Waals surface area contributed by atoms with Crippen LogP contribution >= 0.6 is 11.6 Å². The van der Waals surface area contributed by atoms with Crippen molar-refractivity contribution in [3.05, 3.63) is 34.6 Å². The van der Waals surface area contributed by atoms with Gasteiger partial charge >= 0.3 is 0 Å². The molecular formula is C16H24ClFN2. The minimum Gasteiger partial charge on any atom is -0.313 e. The number of benzene rings is 1. The van der Waals surface area contributed by atoms with Crippen LogP contribution in [0.25, 0.3) is 0 Å². The summed E-state index contributed by atoms with van der Waals surface area (Å²) in [6.07, 6.45) is 4.96. The number of hydrogen-bond acceptors (Lipinski definition) is 2. The number of nitrogens with one attached hydrogen (secondary N) is 1. The van der Waals surface area contributed by atoms with Crippen molar-refractivity contribution in [1.82, 2.24) is 10.2 Å². The Bertz CT molecular complexity index is 419. The molecule has 0 saturated carbocycles. The van der Waals surface area contributed by atoms with Crippen LogP contribution < -0.4 is 5.32 Å². The zero-order chi connectivity index (χ0) is 14.4. The molecule has 1 aliphatic rings. The molecule has 1 heterocycles. The fraction of sp³-hybridized carbons (Fsp3) is 0.625. The molecule has 112 valence electrons. The zero-order valence-corrected chi connectivity index (χ0v) is 12.9. The first-order valence-electron chi connectivity index (χ1n) is 7.58. The van der Waals surface area contributed by atoms with Gasteiger partial charge < -0.3 is 5.32 Å². The Morgan fingerprint density at radius 1 is 1.40 bits per heavy atom. The van der Waals surface area contributed by atoms with Crippen LogP contribution in [0.2, 0.25) is 5.02 Å². The van der Waals surface area contributed by atoms with Crippen LogP contribution in [0, 0.1) is 5.82 Å². The molecule has 2 nitrogen and oxygen atoms in total. The maximum absolute atomic E-state index is 13.1. The summed E-state index contributed by atoms with van der Waals surface area (Å²) >= 11 is 6.13. The monoisotopic (exact) mass is 298 g/mol. The van der Waals surface area contributed by atoms with Gasteiger partial charge in [0.25, 0.3) is 0 Å². The first-order chi connectivity index (χ1) is 9.69. The van der Waals surface area contributed by atoms with Crippen molar-refractivity contribution in [2.45, 2.75) is 45.2 Å². The average Bonchev–Trinajstić information content (AvgIpc) is 2.43. The third kappa shape index (κ3) is 4.72. The molecule has 1 fully saturated rings. The molecule has 0 bridgehead atoms. The standard InChI is InChI=1S/C16H24ClFN2/c1-2-9-20(12-15-5-3-4-8-19-15)11-13-6-7-14(18)10-16(13)17/h6-7,10,15,19H,2-5,8-9,11-12H2,1H3. The summed E-state index contributed by atoms with van der Waals surface area (Å²) in [6, 6.07) is 5.27. The lowest BCUT2D eigenvalue weighted by Crippen LogP contribution is -2.43. The molecule has 1 aromatic rings. The largest absolute Gasteiger partial charge is 0.313 e. The van der Waals surface area contributed by atoms with Gasteiger partial charge in [0.1, 0.15) is 5.82 Å². The topological polar surface area (TPSA) is 15.3 Å². The van der Waals surface area contributed by atoms with Gasteiger partial charge in [-0.3, -0.25) is 4.90 Å². The van der Waals surface area contributed by atoms with Crippen LogP contribution in [0.15, 0.2) is 18.2 Å².